The number of Topliss-reactive ketones (excluding diaryl/α,β-unsaturated/α-hetero) is 1. The van der Waals surface area contributed by atoms with Gasteiger partial charge in [-0.15, -0.1) is 0 Å². The number of carbonyl (C=O) groups excluding carboxylic acids is 2. The Morgan fingerprint density at radius 1 is 0.833 bits per heavy atom. The fourth-order valence-corrected chi connectivity index (χ4v) is 3.19. The number of hydrogen-bond donors (Lipinski definition) is 1. The topological polar surface area (TPSA) is 76.9 Å². The molecule has 6 nitrogen and oxygen atoms in total. The van der Waals surface area contributed by atoms with E-state index in [9.17, 15) is 9.59 Å². The Kier molecular flexibility index (Phi) is 5.75. The summed E-state index contributed by atoms with van der Waals surface area (Å²) >= 11 is 0. The Morgan fingerprint density at radius 3 is 2.30 bits per heavy atom. The Morgan fingerprint density at radius 2 is 1.63 bits per heavy atom. The van der Waals surface area contributed by atoms with Crippen LogP contribution in [0.25, 0.3) is 11.1 Å². The minimum absolute atomic E-state index is 0.148. The summed E-state index contributed by atoms with van der Waals surface area (Å²) in [5.41, 5.74) is 2.98. The molecule has 30 heavy (non-hydrogen) atoms. The average molecular weight is 396 g/mol. The van der Waals surface area contributed by atoms with Gasteiger partial charge in [-0.3, -0.25) is 14.6 Å². The van der Waals surface area contributed by atoms with E-state index in [0.717, 1.165) is 11.1 Å². The maximum atomic E-state index is 13.0. The molecule has 0 bridgehead atoms. The summed E-state index contributed by atoms with van der Waals surface area (Å²) in [5, 5.41) is 2.88. The van der Waals surface area contributed by atoms with Crippen molar-refractivity contribution in [3.05, 3.63) is 109 Å². The second-order valence-electron chi connectivity index (χ2n) is 6.83. The monoisotopic (exact) mass is 396 g/mol. The molecular weight excluding hydrogens is 376 g/mol. The smallest absolute Gasteiger partial charge is 0.251 e. The van der Waals surface area contributed by atoms with E-state index in [-0.39, 0.29) is 11.7 Å². The molecule has 0 aliphatic heterocycles. The van der Waals surface area contributed by atoms with Gasteiger partial charge in [0, 0.05) is 35.9 Å². The summed E-state index contributed by atoms with van der Waals surface area (Å²) in [5.74, 6) is -0.452. The van der Waals surface area contributed by atoms with E-state index < -0.39 is 6.04 Å². The standard InChI is InChI=1S/C24H20N4O2/c29-23(19-5-2-1-3-6-19)22(16-28-14-13-26-17-28)27-24(30)20-10-8-18(9-11-20)21-7-4-12-25-15-21/h1-15,17,22H,16H2,(H,27,30). The van der Waals surface area contributed by atoms with Gasteiger partial charge in [0.2, 0.25) is 0 Å². The Bertz CT molecular complexity index is 1110. The van der Waals surface area contributed by atoms with Crippen LogP contribution in [-0.2, 0) is 6.54 Å². The van der Waals surface area contributed by atoms with Crippen LogP contribution in [0.2, 0.25) is 0 Å². The van der Waals surface area contributed by atoms with Gasteiger partial charge in [0.25, 0.3) is 5.91 Å². The van der Waals surface area contributed by atoms with Crippen LogP contribution in [0.3, 0.4) is 0 Å². The van der Waals surface area contributed by atoms with Gasteiger partial charge >= 0.3 is 0 Å². The lowest BCUT2D eigenvalue weighted by Gasteiger charge is -2.18. The van der Waals surface area contributed by atoms with Crippen molar-refractivity contribution in [2.24, 2.45) is 0 Å². The number of benzene rings is 2. The summed E-state index contributed by atoms with van der Waals surface area (Å²) in [6.07, 6.45) is 8.52. The molecule has 0 spiro atoms. The molecule has 2 aromatic heterocycles. The maximum Gasteiger partial charge on any atom is 0.251 e. The van der Waals surface area contributed by atoms with Crippen LogP contribution in [0.1, 0.15) is 20.7 Å². The quantitative estimate of drug-likeness (QED) is 0.484. The van der Waals surface area contributed by atoms with Crippen LogP contribution in [0.15, 0.2) is 97.8 Å². The summed E-state index contributed by atoms with van der Waals surface area (Å²) < 4.78 is 1.78. The highest BCUT2D eigenvalue weighted by molar-refractivity contribution is 6.04. The summed E-state index contributed by atoms with van der Waals surface area (Å²) in [6.45, 7) is 0.299. The van der Waals surface area contributed by atoms with Gasteiger partial charge in [-0.1, -0.05) is 48.5 Å². The zero-order valence-corrected chi connectivity index (χ0v) is 16.2. The van der Waals surface area contributed by atoms with Gasteiger partial charge in [-0.25, -0.2) is 4.98 Å². The number of pyridine rings is 1. The molecule has 2 aromatic carbocycles. The molecule has 1 unspecified atom stereocenters. The molecule has 0 saturated heterocycles. The van der Waals surface area contributed by atoms with E-state index >= 15 is 0 Å². The predicted octanol–water partition coefficient (Wildman–Crippen LogP) is 3.63. The van der Waals surface area contributed by atoms with Crippen molar-refractivity contribution in [1.29, 1.82) is 0 Å². The van der Waals surface area contributed by atoms with E-state index in [1.54, 1.807) is 72.1 Å². The number of carbonyl (C=O) groups is 2. The third-order valence-electron chi connectivity index (χ3n) is 4.77. The number of rotatable bonds is 7. The molecule has 0 fully saturated rings. The highest BCUT2D eigenvalue weighted by Gasteiger charge is 2.23. The van der Waals surface area contributed by atoms with Crippen LogP contribution < -0.4 is 5.32 Å². The zero-order chi connectivity index (χ0) is 20.8. The van der Waals surface area contributed by atoms with Crippen molar-refractivity contribution < 1.29 is 9.59 Å². The van der Waals surface area contributed by atoms with Crippen LogP contribution in [-0.4, -0.2) is 32.3 Å². The van der Waals surface area contributed by atoms with Crippen molar-refractivity contribution in [3.63, 3.8) is 0 Å². The number of aromatic nitrogens is 3. The van der Waals surface area contributed by atoms with Gasteiger partial charge < -0.3 is 9.88 Å². The molecule has 0 aliphatic rings. The predicted molar refractivity (Wildman–Crippen MR) is 114 cm³/mol. The second-order valence-corrected chi connectivity index (χ2v) is 6.83. The van der Waals surface area contributed by atoms with E-state index in [0.29, 0.717) is 17.7 Å². The summed E-state index contributed by atoms with van der Waals surface area (Å²) in [6, 6.07) is 19.3. The molecule has 1 N–H and O–H groups in total. The van der Waals surface area contributed by atoms with Gasteiger partial charge in [-0.2, -0.15) is 0 Å². The Hall–Kier alpha value is -4.06. The molecular formula is C24H20N4O2. The molecule has 148 valence electrons. The minimum Gasteiger partial charge on any atom is -0.340 e. The molecule has 0 saturated carbocycles. The largest absolute Gasteiger partial charge is 0.340 e. The number of amides is 1. The first-order valence-corrected chi connectivity index (χ1v) is 9.57. The third kappa shape index (κ3) is 4.50. The Labute approximate surface area is 174 Å². The minimum atomic E-state index is -0.716. The molecule has 1 atom stereocenters. The molecule has 2 heterocycles. The zero-order valence-electron chi connectivity index (χ0n) is 16.2. The van der Waals surface area contributed by atoms with Crippen molar-refractivity contribution in [1.82, 2.24) is 19.9 Å². The van der Waals surface area contributed by atoms with Gasteiger partial charge in [0.05, 0.1) is 12.9 Å². The van der Waals surface area contributed by atoms with Gasteiger partial charge in [0.1, 0.15) is 6.04 Å². The number of ketones is 1. The molecule has 6 heteroatoms. The first kappa shape index (κ1) is 19.3. The second kappa shape index (κ2) is 8.96. The van der Waals surface area contributed by atoms with Crippen molar-refractivity contribution in [2.45, 2.75) is 12.6 Å². The molecule has 4 aromatic rings. The fraction of sp³-hybridized carbons (Fsp3) is 0.0833. The van der Waals surface area contributed by atoms with Crippen molar-refractivity contribution in [2.75, 3.05) is 0 Å². The first-order valence-electron chi connectivity index (χ1n) is 9.57. The summed E-state index contributed by atoms with van der Waals surface area (Å²) in [4.78, 5) is 34.0. The maximum absolute atomic E-state index is 13.0. The third-order valence-corrected chi connectivity index (χ3v) is 4.77. The average Bonchev–Trinajstić information content (AvgIpc) is 3.32. The van der Waals surface area contributed by atoms with E-state index in [4.69, 9.17) is 0 Å². The lowest BCUT2D eigenvalue weighted by molar-refractivity contribution is 0.0847. The number of nitrogens with zero attached hydrogens (tertiary/aromatic N) is 3. The van der Waals surface area contributed by atoms with Crippen LogP contribution in [0, 0.1) is 0 Å². The van der Waals surface area contributed by atoms with Crippen molar-refractivity contribution in [3.8, 4) is 11.1 Å². The molecule has 1 amide bonds. The van der Waals surface area contributed by atoms with E-state index in [1.165, 1.54) is 0 Å². The fourth-order valence-electron chi connectivity index (χ4n) is 3.19. The first-order chi connectivity index (χ1) is 14.7. The number of nitrogens with one attached hydrogen (secondary N) is 1. The number of imidazole rings is 1. The lowest BCUT2D eigenvalue weighted by Crippen LogP contribution is -2.43. The van der Waals surface area contributed by atoms with E-state index in [2.05, 4.69) is 15.3 Å². The van der Waals surface area contributed by atoms with Crippen molar-refractivity contribution >= 4 is 11.7 Å². The Balaban J connectivity index is 1.53. The van der Waals surface area contributed by atoms with Crippen LogP contribution >= 0.6 is 0 Å². The van der Waals surface area contributed by atoms with Gasteiger partial charge in [0.15, 0.2) is 5.78 Å². The lowest BCUT2D eigenvalue weighted by atomic mass is 10.0. The normalized spacial score (nSPS) is 11.6. The SMILES string of the molecule is O=C(NC(Cn1ccnc1)C(=O)c1ccccc1)c1ccc(-c2cccnc2)cc1. The highest BCUT2D eigenvalue weighted by atomic mass is 16.2. The van der Waals surface area contributed by atoms with Gasteiger partial charge in [-0.05, 0) is 29.3 Å². The molecule has 0 aliphatic carbocycles. The molecule has 4 rings (SSSR count). The molecule has 0 radical (unpaired) electrons. The van der Waals surface area contributed by atoms with Crippen LogP contribution in [0.4, 0.5) is 0 Å². The van der Waals surface area contributed by atoms with E-state index in [1.807, 2.05) is 30.3 Å². The summed E-state index contributed by atoms with van der Waals surface area (Å²) in [7, 11) is 0. The van der Waals surface area contributed by atoms with Crippen LogP contribution in [0.5, 0.6) is 0 Å². The highest BCUT2D eigenvalue weighted by Crippen LogP contribution is 2.18. The number of hydrogen-bond acceptors (Lipinski definition) is 4.